The molecule has 0 saturated carbocycles. The molecule has 0 aliphatic rings. The van der Waals surface area contributed by atoms with E-state index >= 15 is 0 Å². The van der Waals surface area contributed by atoms with Gasteiger partial charge in [0.25, 0.3) is 10.0 Å². The predicted octanol–water partition coefficient (Wildman–Crippen LogP) is 3.75. The lowest BCUT2D eigenvalue weighted by atomic mass is 10.2. The summed E-state index contributed by atoms with van der Waals surface area (Å²) < 4.78 is 27.5. The number of rotatable bonds is 4. The molecule has 21 heavy (non-hydrogen) atoms. The first-order valence-corrected chi connectivity index (χ1v) is 9.15. The van der Waals surface area contributed by atoms with Crippen LogP contribution in [0.15, 0.2) is 46.2 Å². The molecule has 2 rings (SSSR count). The fraction of sp³-hybridized carbons (Fsp3) is 0.143. The van der Waals surface area contributed by atoms with Gasteiger partial charge in [-0.3, -0.25) is 4.72 Å². The maximum atomic E-state index is 12.5. The highest BCUT2D eigenvalue weighted by atomic mass is 35.5. The molecule has 0 radical (unpaired) electrons. The molecule has 0 saturated heterocycles. The summed E-state index contributed by atoms with van der Waals surface area (Å²) in [5, 5.41) is 0.374. The summed E-state index contributed by atoms with van der Waals surface area (Å²) in [6.07, 6.45) is 1.89. The number of sulfonamides is 1. The number of hydrogen-bond acceptors (Lipinski definition) is 4. The van der Waals surface area contributed by atoms with E-state index in [1.54, 1.807) is 19.1 Å². The minimum atomic E-state index is -3.71. The molecule has 0 aromatic heterocycles. The first-order valence-electron chi connectivity index (χ1n) is 6.06. The van der Waals surface area contributed by atoms with Crippen molar-refractivity contribution in [1.29, 1.82) is 0 Å². The van der Waals surface area contributed by atoms with Gasteiger partial charge in [-0.15, -0.1) is 11.8 Å². The van der Waals surface area contributed by atoms with E-state index in [4.69, 9.17) is 17.3 Å². The highest BCUT2D eigenvalue weighted by molar-refractivity contribution is 7.99. The Morgan fingerprint density at radius 1 is 1.24 bits per heavy atom. The van der Waals surface area contributed by atoms with Gasteiger partial charge >= 0.3 is 0 Å². The van der Waals surface area contributed by atoms with Crippen LogP contribution in [0.3, 0.4) is 0 Å². The zero-order valence-electron chi connectivity index (χ0n) is 11.6. The third-order valence-electron chi connectivity index (χ3n) is 2.92. The highest BCUT2D eigenvalue weighted by Crippen LogP contribution is 2.30. The molecule has 2 aromatic carbocycles. The van der Waals surface area contributed by atoms with E-state index in [0.717, 1.165) is 4.90 Å². The fourth-order valence-corrected chi connectivity index (χ4v) is 3.78. The molecule has 112 valence electrons. The first kappa shape index (κ1) is 16.0. The number of thioether (sulfide) groups is 1. The highest BCUT2D eigenvalue weighted by Gasteiger charge is 2.18. The van der Waals surface area contributed by atoms with Gasteiger partial charge in [0.05, 0.1) is 21.3 Å². The van der Waals surface area contributed by atoms with Gasteiger partial charge in [0.15, 0.2) is 0 Å². The summed E-state index contributed by atoms with van der Waals surface area (Å²) in [7, 11) is -3.71. The molecule has 0 unspecified atom stereocenters. The van der Waals surface area contributed by atoms with Crippen LogP contribution >= 0.6 is 23.4 Å². The van der Waals surface area contributed by atoms with E-state index in [-0.39, 0.29) is 10.6 Å². The van der Waals surface area contributed by atoms with Crippen molar-refractivity contribution < 1.29 is 8.42 Å². The number of hydrogen-bond donors (Lipinski definition) is 2. The monoisotopic (exact) mass is 342 g/mol. The molecule has 0 bridgehead atoms. The number of anilines is 2. The molecule has 3 N–H and O–H groups in total. The Balaban J connectivity index is 2.44. The number of benzene rings is 2. The topological polar surface area (TPSA) is 72.2 Å². The molecule has 0 heterocycles. The first-order chi connectivity index (χ1) is 9.85. The van der Waals surface area contributed by atoms with E-state index in [1.165, 1.54) is 23.9 Å². The number of para-hydroxylation sites is 1. The van der Waals surface area contributed by atoms with E-state index in [1.807, 2.05) is 18.4 Å². The second-order valence-corrected chi connectivity index (χ2v) is 7.36. The summed E-state index contributed by atoms with van der Waals surface area (Å²) in [5.41, 5.74) is 7.14. The summed E-state index contributed by atoms with van der Waals surface area (Å²) in [6, 6.07) is 10.1. The minimum absolute atomic E-state index is 0.0952. The van der Waals surface area contributed by atoms with Crippen molar-refractivity contribution in [3.05, 3.63) is 47.0 Å². The van der Waals surface area contributed by atoms with Gasteiger partial charge in [0.2, 0.25) is 0 Å². The minimum Gasteiger partial charge on any atom is -0.397 e. The Hall–Kier alpha value is -1.37. The van der Waals surface area contributed by atoms with Crippen LogP contribution in [0.5, 0.6) is 0 Å². The molecular formula is C14H15ClN2O2S2. The Kier molecular flexibility index (Phi) is 4.70. The fourth-order valence-electron chi connectivity index (χ4n) is 1.85. The number of halogens is 1. The van der Waals surface area contributed by atoms with E-state index in [2.05, 4.69) is 4.72 Å². The molecule has 0 aliphatic heterocycles. The van der Waals surface area contributed by atoms with Gasteiger partial charge in [-0.25, -0.2) is 8.42 Å². The van der Waals surface area contributed by atoms with Gasteiger partial charge in [-0.05, 0) is 43.0 Å². The van der Waals surface area contributed by atoms with Crippen LogP contribution in [0, 0.1) is 6.92 Å². The maximum Gasteiger partial charge on any atom is 0.262 e. The van der Waals surface area contributed by atoms with Crippen molar-refractivity contribution >= 4 is 44.8 Å². The maximum absolute atomic E-state index is 12.5. The molecule has 0 spiro atoms. The van der Waals surface area contributed by atoms with Gasteiger partial charge in [0, 0.05) is 4.90 Å². The zero-order valence-corrected chi connectivity index (χ0v) is 13.9. The van der Waals surface area contributed by atoms with Crippen LogP contribution in [-0.2, 0) is 10.0 Å². The average Bonchev–Trinajstić information content (AvgIpc) is 2.44. The molecule has 4 nitrogen and oxygen atoms in total. The van der Waals surface area contributed by atoms with E-state index < -0.39 is 10.0 Å². The summed E-state index contributed by atoms with van der Waals surface area (Å²) in [5.74, 6) is 0. The smallest absolute Gasteiger partial charge is 0.262 e. The normalized spacial score (nSPS) is 11.4. The van der Waals surface area contributed by atoms with Crippen molar-refractivity contribution in [2.75, 3.05) is 16.7 Å². The number of nitrogens with one attached hydrogen (secondary N) is 1. The van der Waals surface area contributed by atoms with Crippen LogP contribution in [0.25, 0.3) is 0 Å². The lowest BCUT2D eigenvalue weighted by Gasteiger charge is -2.13. The Morgan fingerprint density at radius 2 is 1.90 bits per heavy atom. The van der Waals surface area contributed by atoms with Crippen LogP contribution in [0.4, 0.5) is 11.4 Å². The number of nitrogen functional groups attached to an aromatic ring is 1. The van der Waals surface area contributed by atoms with Crippen LogP contribution in [0.2, 0.25) is 5.02 Å². The molecule has 0 aliphatic carbocycles. The predicted molar refractivity (Wildman–Crippen MR) is 89.6 cm³/mol. The molecule has 0 atom stereocenters. The molecule has 0 fully saturated rings. The average molecular weight is 343 g/mol. The van der Waals surface area contributed by atoms with Crippen LogP contribution in [0.1, 0.15) is 5.56 Å². The van der Waals surface area contributed by atoms with Gasteiger partial charge in [0.1, 0.15) is 0 Å². The lowest BCUT2D eigenvalue weighted by molar-refractivity contribution is 0.601. The van der Waals surface area contributed by atoms with Crippen molar-refractivity contribution in [2.24, 2.45) is 0 Å². The summed E-state index contributed by atoms with van der Waals surface area (Å²) >= 11 is 7.43. The Morgan fingerprint density at radius 3 is 2.52 bits per heavy atom. The Bertz CT molecular complexity index is 753. The molecule has 2 aromatic rings. The van der Waals surface area contributed by atoms with Crippen LogP contribution in [-0.4, -0.2) is 14.7 Å². The molecule has 7 heteroatoms. The zero-order chi connectivity index (χ0) is 15.6. The molecule has 0 amide bonds. The molecular weight excluding hydrogens is 328 g/mol. The number of nitrogens with two attached hydrogens (primary N) is 1. The van der Waals surface area contributed by atoms with Gasteiger partial charge in [-0.1, -0.05) is 23.7 Å². The van der Waals surface area contributed by atoms with Crippen molar-refractivity contribution in [3.63, 3.8) is 0 Å². The van der Waals surface area contributed by atoms with Crippen LogP contribution < -0.4 is 10.5 Å². The quantitative estimate of drug-likeness (QED) is 0.655. The Labute approximate surface area is 133 Å². The van der Waals surface area contributed by atoms with E-state index in [0.29, 0.717) is 16.3 Å². The van der Waals surface area contributed by atoms with Gasteiger partial charge < -0.3 is 5.73 Å². The van der Waals surface area contributed by atoms with Gasteiger partial charge in [-0.2, -0.15) is 0 Å². The van der Waals surface area contributed by atoms with Crippen molar-refractivity contribution in [3.8, 4) is 0 Å². The standard InChI is InChI=1S/C14H15ClN2O2S2/c1-9-7-10(8-11(16)14(9)15)21(18,19)17-12-5-3-4-6-13(12)20-2/h3-8,17H,16H2,1-2H3. The summed E-state index contributed by atoms with van der Waals surface area (Å²) in [6.45, 7) is 1.72. The lowest BCUT2D eigenvalue weighted by Crippen LogP contribution is -2.14. The number of aryl methyl sites for hydroxylation is 1. The van der Waals surface area contributed by atoms with Crippen molar-refractivity contribution in [2.45, 2.75) is 16.7 Å². The third kappa shape index (κ3) is 3.45. The second-order valence-electron chi connectivity index (χ2n) is 4.45. The van der Waals surface area contributed by atoms with Crippen molar-refractivity contribution in [1.82, 2.24) is 0 Å². The second kappa shape index (κ2) is 6.17. The largest absolute Gasteiger partial charge is 0.397 e. The van der Waals surface area contributed by atoms with E-state index in [9.17, 15) is 8.42 Å². The SMILES string of the molecule is CSc1ccccc1NS(=O)(=O)c1cc(C)c(Cl)c(N)c1. The summed E-state index contributed by atoms with van der Waals surface area (Å²) in [4.78, 5) is 0.942. The third-order valence-corrected chi connectivity index (χ3v) is 5.57.